The highest BCUT2D eigenvalue weighted by molar-refractivity contribution is 5.68. The van der Waals surface area contributed by atoms with Crippen molar-refractivity contribution in [2.75, 3.05) is 19.8 Å². The number of nitriles is 1. The Hall–Kier alpha value is -1.28. The summed E-state index contributed by atoms with van der Waals surface area (Å²) >= 11 is 0. The van der Waals surface area contributed by atoms with Crippen LogP contribution in [0.2, 0.25) is 0 Å². The summed E-state index contributed by atoms with van der Waals surface area (Å²) < 4.78 is 10.7. The summed E-state index contributed by atoms with van der Waals surface area (Å²) in [6, 6.07) is 2.20. The first-order chi connectivity index (χ1) is 8.44. The maximum Gasteiger partial charge on any atom is 0.410 e. The summed E-state index contributed by atoms with van der Waals surface area (Å²) in [5.74, 6) is 0. The fourth-order valence-electron chi connectivity index (χ4n) is 1.91. The molecule has 1 aliphatic heterocycles. The van der Waals surface area contributed by atoms with Crippen LogP contribution in [0.1, 0.15) is 40.0 Å². The van der Waals surface area contributed by atoms with Gasteiger partial charge in [0.2, 0.25) is 0 Å². The molecule has 5 heteroatoms. The molecule has 0 aliphatic carbocycles. The number of ether oxygens (including phenoxy) is 2. The molecule has 18 heavy (non-hydrogen) atoms. The fraction of sp³-hybridized carbons (Fsp3) is 0.846. The van der Waals surface area contributed by atoms with E-state index in [2.05, 4.69) is 6.07 Å². The van der Waals surface area contributed by atoms with Crippen LogP contribution in [0.5, 0.6) is 0 Å². The van der Waals surface area contributed by atoms with E-state index in [1.807, 2.05) is 20.8 Å². The molecule has 1 rings (SSSR count). The van der Waals surface area contributed by atoms with Gasteiger partial charge in [-0.1, -0.05) is 0 Å². The molecule has 0 bridgehead atoms. The van der Waals surface area contributed by atoms with Gasteiger partial charge in [-0.2, -0.15) is 5.26 Å². The number of carbonyl (C=O) groups is 1. The zero-order valence-corrected chi connectivity index (χ0v) is 11.4. The Kier molecular flexibility index (Phi) is 5.42. The van der Waals surface area contributed by atoms with Gasteiger partial charge in [0.1, 0.15) is 5.60 Å². The van der Waals surface area contributed by atoms with E-state index >= 15 is 0 Å². The van der Waals surface area contributed by atoms with Crippen LogP contribution in [-0.2, 0) is 9.47 Å². The molecule has 1 amide bonds. The molecule has 0 aromatic rings. The van der Waals surface area contributed by atoms with E-state index in [0.717, 1.165) is 12.8 Å². The first kappa shape index (κ1) is 14.8. The third kappa shape index (κ3) is 4.92. The molecule has 0 spiro atoms. The Labute approximate surface area is 109 Å². The maximum atomic E-state index is 12.1. The van der Waals surface area contributed by atoms with Crippen LogP contribution in [0.3, 0.4) is 0 Å². The average Bonchev–Trinajstić information content (AvgIpc) is 2.28. The number of rotatable bonds is 3. The van der Waals surface area contributed by atoms with Crippen LogP contribution in [0.15, 0.2) is 0 Å². The maximum absolute atomic E-state index is 12.1. The predicted molar refractivity (Wildman–Crippen MR) is 67.0 cm³/mol. The zero-order chi connectivity index (χ0) is 13.6. The van der Waals surface area contributed by atoms with Crippen LogP contribution in [0, 0.1) is 11.3 Å². The first-order valence-electron chi connectivity index (χ1n) is 6.38. The lowest BCUT2D eigenvalue weighted by Gasteiger charge is -2.35. The van der Waals surface area contributed by atoms with Gasteiger partial charge >= 0.3 is 6.09 Å². The smallest absolute Gasteiger partial charge is 0.410 e. The molecule has 0 N–H and O–H groups in total. The Morgan fingerprint density at radius 1 is 1.44 bits per heavy atom. The van der Waals surface area contributed by atoms with Gasteiger partial charge in [-0.3, -0.25) is 0 Å². The largest absolute Gasteiger partial charge is 0.444 e. The van der Waals surface area contributed by atoms with Crippen LogP contribution in [-0.4, -0.2) is 42.4 Å². The minimum Gasteiger partial charge on any atom is -0.444 e. The van der Waals surface area contributed by atoms with Crippen molar-refractivity contribution in [1.29, 1.82) is 5.26 Å². The topological polar surface area (TPSA) is 62.6 Å². The van der Waals surface area contributed by atoms with Crippen LogP contribution in [0.4, 0.5) is 4.79 Å². The summed E-state index contributed by atoms with van der Waals surface area (Å²) in [7, 11) is 0. The quantitative estimate of drug-likeness (QED) is 0.775. The second kappa shape index (κ2) is 6.60. The Morgan fingerprint density at radius 2 is 2.06 bits per heavy atom. The average molecular weight is 254 g/mol. The minimum atomic E-state index is -0.507. The van der Waals surface area contributed by atoms with E-state index in [-0.39, 0.29) is 12.1 Å². The van der Waals surface area contributed by atoms with Crippen molar-refractivity contribution in [2.24, 2.45) is 0 Å². The van der Waals surface area contributed by atoms with Crippen LogP contribution >= 0.6 is 0 Å². The molecule has 0 aromatic heterocycles. The highest BCUT2D eigenvalue weighted by Crippen LogP contribution is 2.18. The van der Waals surface area contributed by atoms with Gasteiger partial charge in [0.05, 0.1) is 12.5 Å². The van der Waals surface area contributed by atoms with Gasteiger partial charge in [-0.05, 0) is 33.6 Å². The third-order valence-corrected chi connectivity index (χ3v) is 2.72. The summed E-state index contributed by atoms with van der Waals surface area (Å²) in [6.45, 7) is 7.29. The van der Waals surface area contributed by atoms with E-state index in [4.69, 9.17) is 14.7 Å². The minimum absolute atomic E-state index is 0.127. The van der Waals surface area contributed by atoms with Gasteiger partial charge in [0.15, 0.2) is 0 Å². The lowest BCUT2D eigenvalue weighted by molar-refractivity contribution is -0.00497. The molecule has 5 nitrogen and oxygen atoms in total. The summed E-state index contributed by atoms with van der Waals surface area (Å²) in [4.78, 5) is 13.8. The van der Waals surface area contributed by atoms with E-state index in [0.29, 0.717) is 26.2 Å². The van der Waals surface area contributed by atoms with Gasteiger partial charge in [-0.15, -0.1) is 0 Å². The van der Waals surface area contributed by atoms with Crippen molar-refractivity contribution >= 4 is 6.09 Å². The number of amides is 1. The predicted octanol–water partition coefficient (Wildman–Crippen LogP) is 2.32. The molecule has 0 atom stereocenters. The van der Waals surface area contributed by atoms with Crippen LogP contribution < -0.4 is 0 Å². The highest BCUT2D eigenvalue weighted by atomic mass is 16.6. The van der Waals surface area contributed by atoms with Gasteiger partial charge in [-0.25, -0.2) is 4.79 Å². The lowest BCUT2D eigenvalue weighted by atomic mass is 10.1. The van der Waals surface area contributed by atoms with E-state index in [1.165, 1.54) is 0 Å². The van der Waals surface area contributed by atoms with E-state index < -0.39 is 5.60 Å². The van der Waals surface area contributed by atoms with Crippen molar-refractivity contribution < 1.29 is 14.3 Å². The molecule has 1 aliphatic rings. The van der Waals surface area contributed by atoms with Crippen molar-refractivity contribution in [2.45, 2.75) is 51.7 Å². The zero-order valence-electron chi connectivity index (χ0n) is 11.4. The van der Waals surface area contributed by atoms with Crippen molar-refractivity contribution in [3.63, 3.8) is 0 Å². The SMILES string of the molecule is CC(C)(C)OC(=O)N(CCC#N)C1CCOCC1. The second-order valence-electron chi connectivity index (χ2n) is 5.43. The first-order valence-corrected chi connectivity index (χ1v) is 6.38. The summed E-state index contributed by atoms with van der Waals surface area (Å²) in [6.07, 6.45) is 1.62. The highest BCUT2D eigenvalue weighted by Gasteiger charge is 2.29. The Balaban J connectivity index is 2.64. The number of nitrogens with zero attached hydrogens (tertiary/aromatic N) is 2. The molecular formula is C13H22N2O3. The van der Waals surface area contributed by atoms with E-state index in [9.17, 15) is 4.79 Å². The monoisotopic (exact) mass is 254 g/mol. The van der Waals surface area contributed by atoms with Gasteiger partial charge < -0.3 is 14.4 Å². The van der Waals surface area contributed by atoms with Crippen LogP contribution in [0.25, 0.3) is 0 Å². The Bertz CT molecular complexity index is 311. The van der Waals surface area contributed by atoms with Gasteiger partial charge in [0.25, 0.3) is 0 Å². The number of carbonyl (C=O) groups excluding carboxylic acids is 1. The molecule has 1 fully saturated rings. The lowest BCUT2D eigenvalue weighted by Crippen LogP contribution is -2.46. The molecule has 1 heterocycles. The molecular weight excluding hydrogens is 232 g/mol. The van der Waals surface area contributed by atoms with Gasteiger partial charge in [0, 0.05) is 25.8 Å². The second-order valence-corrected chi connectivity index (χ2v) is 5.43. The van der Waals surface area contributed by atoms with Crippen molar-refractivity contribution in [1.82, 2.24) is 4.90 Å². The van der Waals surface area contributed by atoms with Crippen molar-refractivity contribution in [3.05, 3.63) is 0 Å². The molecule has 1 saturated heterocycles. The standard InChI is InChI=1S/C13H22N2O3/c1-13(2,3)18-12(16)15(8-4-7-14)11-5-9-17-10-6-11/h11H,4-6,8-10H2,1-3H3. The molecule has 0 unspecified atom stereocenters. The molecule has 102 valence electrons. The molecule has 0 saturated carbocycles. The fourth-order valence-corrected chi connectivity index (χ4v) is 1.91. The Morgan fingerprint density at radius 3 is 2.56 bits per heavy atom. The number of hydrogen-bond acceptors (Lipinski definition) is 4. The summed E-state index contributed by atoms with van der Waals surface area (Å²) in [5.41, 5.74) is -0.507. The molecule has 0 radical (unpaired) electrons. The van der Waals surface area contributed by atoms with Crippen molar-refractivity contribution in [3.8, 4) is 6.07 Å². The molecule has 0 aromatic carbocycles. The summed E-state index contributed by atoms with van der Waals surface area (Å²) in [5, 5.41) is 8.67. The normalized spacial score (nSPS) is 17.0. The third-order valence-electron chi connectivity index (χ3n) is 2.72. The van der Waals surface area contributed by atoms with E-state index in [1.54, 1.807) is 4.90 Å². The number of hydrogen-bond donors (Lipinski definition) is 0.